The van der Waals surface area contributed by atoms with Crippen molar-refractivity contribution >= 4 is 11.8 Å². The molecule has 3 N–H and O–H groups in total. The average Bonchev–Trinajstić information content (AvgIpc) is 2.41. The number of nitrogens with zero attached hydrogens (tertiary/aromatic N) is 1. The summed E-state index contributed by atoms with van der Waals surface area (Å²) < 4.78 is 13.6. The number of hydrogen-bond donors (Lipinski definition) is 2. The Kier molecular flexibility index (Phi) is 4.68. The summed E-state index contributed by atoms with van der Waals surface area (Å²) in [5.74, 6) is 4.34. The number of carbonyl (C=O) groups excluding carboxylic acids is 2. The van der Waals surface area contributed by atoms with Gasteiger partial charge in [0.25, 0.3) is 0 Å². The summed E-state index contributed by atoms with van der Waals surface area (Å²) in [7, 11) is 0. The molecule has 0 aromatic heterocycles. The van der Waals surface area contributed by atoms with Gasteiger partial charge in [0.05, 0.1) is 19.1 Å². The van der Waals surface area contributed by atoms with Crippen LogP contribution in [-0.4, -0.2) is 35.8 Å². The Morgan fingerprint density at radius 1 is 1.43 bits per heavy atom. The van der Waals surface area contributed by atoms with E-state index in [0.29, 0.717) is 17.7 Å². The Hall–Kier alpha value is -2.23. The number of benzene rings is 1. The van der Waals surface area contributed by atoms with E-state index >= 15 is 0 Å². The van der Waals surface area contributed by atoms with E-state index in [0.717, 1.165) is 0 Å². The Bertz CT molecular complexity index is 634. The molecule has 1 atom stereocenters. The molecule has 0 spiro atoms. The lowest BCUT2D eigenvalue weighted by Crippen LogP contribution is -2.56. The van der Waals surface area contributed by atoms with Gasteiger partial charge in [0.15, 0.2) is 0 Å². The van der Waals surface area contributed by atoms with Crippen molar-refractivity contribution in [3.05, 3.63) is 35.1 Å². The quantitative estimate of drug-likeness (QED) is 0.593. The molecule has 1 unspecified atom stereocenters. The van der Waals surface area contributed by atoms with Gasteiger partial charge in [-0.05, 0) is 30.7 Å². The molecule has 1 saturated heterocycles. The number of rotatable bonds is 2. The summed E-state index contributed by atoms with van der Waals surface area (Å²) in [6, 6.07) is 3.99. The number of nitrogens with one attached hydrogen (secondary N) is 1. The molecule has 1 aliphatic heterocycles. The second-order valence-electron chi connectivity index (χ2n) is 4.85. The van der Waals surface area contributed by atoms with Crippen molar-refractivity contribution < 1.29 is 14.0 Å². The Labute approximate surface area is 122 Å². The van der Waals surface area contributed by atoms with E-state index < -0.39 is 11.9 Å². The monoisotopic (exact) mass is 289 g/mol. The summed E-state index contributed by atoms with van der Waals surface area (Å²) >= 11 is 0. The van der Waals surface area contributed by atoms with Gasteiger partial charge in [-0.1, -0.05) is 11.8 Å². The molecule has 1 heterocycles. The lowest BCUT2D eigenvalue weighted by Gasteiger charge is -2.31. The van der Waals surface area contributed by atoms with Crippen LogP contribution in [0, 0.1) is 17.7 Å². The zero-order chi connectivity index (χ0) is 15.4. The highest BCUT2D eigenvalue weighted by molar-refractivity contribution is 6.00. The number of imide groups is 1. The molecule has 1 fully saturated rings. The summed E-state index contributed by atoms with van der Waals surface area (Å²) in [5.41, 5.74) is 6.48. The minimum absolute atomic E-state index is 0.104. The molecule has 0 radical (unpaired) electrons. The number of nitrogens with two attached hydrogens (primary N) is 1. The van der Waals surface area contributed by atoms with E-state index in [1.165, 1.54) is 12.1 Å². The van der Waals surface area contributed by atoms with Crippen LogP contribution < -0.4 is 11.1 Å². The molecule has 6 heteroatoms. The average molecular weight is 289 g/mol. The first-order valence-corrected chi connectivity index (χ1v) is 6.55. The van der Waals surface area contributed by atoms with E-state index in [1.807, 2.05) is 0 Å². The van der Waals surface area contributed by atoms with Crippen molar-refractivity contribution in [1.29, 1.82) is 0 Å². The maximum absolute atomic E-state index is 13.6. The molecule has 110 valence electrons. The summed E-state index contributed by atoms with van der Waals surface area (Å²) in [6.07, 6.45) is 0. The standard InChI is InChI=1S/C15H16FN3O2/c1-10-15(21)18-14(20)9-19(10)8-12-5-11(3-2-4-17)6-13(16)7-12/h5-7,10H,4,8-9,17H2,1H3,(H,18,20,21). The van der Waals surface area contributed by atoms with Gasteiger partial charge in [-0.2, -0.15) is 0 Å². The number of amides is 2. The van der Waals surface area contributed by atoms with E-state index in [-0.39, 0.29) is 24.9 Å². The highest BCUT2D eigenvalue weighted by Crippen LogP contribution is 2.14. The maximum Gasteiger partial charge on any atom is 0.243 e. The highest BCUT2D eigenvalue weighted by atomic mass is 19.1. The molecule has 1 aromatic carbocycles. The van der Waals surface area contributed by atoms with Gasteiger partial charge in [0.2, 0.25) is 11.8 Å². The van der Waals surface area contributed by atoms with Crippen LogP contribution in [0.15, 0.2) is 18.2 Å². The van der Waals surface area contributed by atoms with Gasteiger partial charge in [-0.25, -0.2) is 4.39 Å². The molecule has 2 rings (SSSR count). The van der Waals surface area contributed by atoms with Gasteiger partial charge in [0.1, 0.15) is 5.82 Å². The van der Waals surface area contributed by atoms with Crippen LogP contribution in [-0.2, 0) is 16.1 Å². The predicted molar refractivity (Wildman–Crippen MR) is 75.4 cm³/mol. The van der Waals surface area contributed by atoms with Crippen molar-refractivity contribution in [2.45, 2.75) is 19.5 Å². The van der Waals surface area contributed by atoms with Crippen molar-refractivity contribution in [2.75, 3.05) is 13.1 Å². The van der Waals surface area contributed by atoms with Crippen LogP contribution in [0.3, 0.4) is 0 Å². The topological polar surface area (TPSA) is 75.4 Å². The fraction of sp³-hybridized carbons (Fsp3) is 0.333. The van der Waals surface area contributed by atoms with Crippen LogP contribution in [0.2, 0.25) is 0 Å². The summed E-state index contributed by atoms with van der Waals surface area (Å²) in [6.45, 7) is 2.31. The van der Waals surface area contributed by atoms with Crippen LogP contribution in [0.4, 0.5) is 4.39 Å². The number of carbonyl (C=O) groups is 2. The Morgan fingerprint density at radius 3 is 2.90 bits per heavy atom. The van der Waals surface area contributed by atoms with Crippen LogP contribution in [0.1, 0.15) is 18.1 Å². The SMILES string of the molecule is CC1C(=O)NC(=O)CN1Cc1cc(F)cc(C#CCN)c1. The first-order chi connectivity index (χ1) is 9.99. The molecule has 21 heavy (non-hydrogen) atoms. The predicted octanol–water partition coefficient (Wildman–Crippen LogP) is -0.0172. The smallest absolute Gasteiger partial charge is 0.243 e. The number of hydrogen-bond acceptors (Lipinski definition) is 4. The molecule has 5 nitrogen and oxygen atoms in total. The Morgan fingerprint density at radius 2 is 2.19 bits per heavy atom. The van der Waals surface area contributed by atoms with Crippen molar-refractivity contribution in [3.8, 4) is 11.8 Å². The van der Waals surface area contributed by atoms with E-state index in [4.69, 9.17) is 5.73 Å². The minimum Gasteiger partial charge on any atom is -0.320 e. The van der Waals surface area contributed by atoms with Crippen LogP contribution in [0.25, 0.3) is 0 Å². The zero-order valence-electron chi connectivity index (χ0n) is 11.6. The molecular weight excluding hydrogens is 273 g/mol. The zero-order valence-corrected chi connectivity index (χ0v) is 11.6. The first-order valence-electron chi connectivity index (χ1n) is 6.55. The molecular formula is C15H16FN3O2. The van der Waals surface area contributed by atoms with E-state index in [1.54, 1.807) is 17.9 Å². The van der Waals surface area contributed by atoms with Gasteiger partial charge < -0.3 is 5.73 Å². The second kappa shape index (κ2) is 6.48. The van der Waals surface area contributed by atoms with E-state index in [2.05, 4.69) is 17.2 Å². The van der Waals surface area contributed by atoms with Crippen molar-refractivity contribution in [1.82, 2.24) is 10.2 Å². The Balaban J connectivity index is 2.20. The fourth-order valence-electron chi connectivity index (χ4n) is 2.16. The number of halogens is 1. The van der Waals surface area contributed by atoms with Gasteiger partial charge in [0, 0.05) is 12.1 Å². The molecule has 1 aromatic rings. The van der Waals surface area contributed by atoms with Crippen LogP contribution >= 0.6 is 0 Å². The van der Waals surface area contributed by atoms with Gasteiger partial charge in [-0.3, -0.25) is 19.8 Å². The third-order valence-electron chi connectivity index (χ3n) is 3.21. The second-order valence-corrected chi connectivity index (χ2v) is 4.85. The normalized spacial score (nSPS) is 18.9. The van der Waals surface area contributed by atoms with Crippen LogP contribution in [0.5, 0.6) is 0 Å². The van der Waals surface area contributed by atoms with E-state index in [9.17, 15) is 14.0 Å². The minimum atomic E-state index is -0.440. The summed E-state index contributed by atoms with van der Waals surface area (Å²) in [4.78, 5) is 24.7. The van der Waals surface area contributed by atoms with Crippen molar-refractivity contribution in [3.63, 3.8) is 0 Å². The number of piperazine rings is 1. The molecule has 0 saturated carbocycles. The third kappa shape index (κ3) is 3.88. The lowest BCUT2D eigenvalue weighted by atomic mass is 10.1. The van der Waals surface area contributed by atoms with Gasteiger partial charge >= 0.3 is 0 Å². The van der Waals surface area contributed by atoms with Crippen molar-refractivity contribution in [2.24, 2.45) is 5.73 Å². The first kappa shape index (κ1) is 15.2. The maximum atomic E-state index is 13.6. The third-order valence-corrected chi connectivity index (χ3v) is 3.21. The lowest BCUT2D eigenvalue weighted by molar-refractivity contribution is -0.139. The molecule has 0 aliphatic carbocycles. The molecule has 2 amide bonds. The fourth-order valence-corrected chi connectivity index (χ4v) is 2.16. The summed E-state index contributed by atoms with van der Waals surface area (Å²) in [5, 5.41) is 2.27. The highest BCUT2D eigenvalue weighted by Gasteiger charge is 2.30. The molecule has 0 bridgehead atoms. The largest absolute Gasteiger partial charge is 0.320 e. The van der Waals surface area contributed by atoms with Gasteiger partial charge in [-0.15, -0.1) is 0 Å². The molecule has 1 aliphatic rings.